The first-order valence-electron chi connectivity index (χ1n) is 2.63. The van der Waals surface area contributed by atoms with Crippen molar-refractivity contribution in [3.8, 4) is 0 Å². The molecule has 60 valence electrons. The minimum atomic E-state index is -0.585. The molecule has 0 aliphatic heterocycles. The van der Waals surface area contributed by atoms with Crippen LogP contribution in [0.25, 0.3) is 0 Å². The van der Waals surface area contributed by atoms with Gasteiger partial charge in [0.15, 0.2) is 0 Å². The summed E-state index contributed by atoms with van der Waals surface area (Å²) in [5.41, 5.74) is 0. The monoisotopic (exact) mass is 183 g/mol. The van der Waals surface area contributed by atoms with E-state index in [1.807, 2.05) is 0 Å². The van der Waals surface area contributed by atoms with Crippen LogP contribution in [-0.2, 0) is 4.52 Å². The summed E-state index contributed by atoms with van der Waals surface area (Å²) in [6, 6.07) is -0.337. The van der Waals surface area contributed by atoms with Gasteiger partial charge in [0.25, 0.3) is 0 Å². The van der Waals surface area contributed by atoms with Crippen molar-refractivity contribution in [2.45, 2.75) is 6.04 Å². The van der Waals surface area contributed by atoms with Crippen LogP contribution in [0, 0.1) is 0 Å². The Bertz CT molecular complexity index is 109. The van der Waals surface area contributed by atoms with E-state index in [0.29, 0.717) is 5.75 Å². The summed E-state index contributed by atoms with van der Waals surface area (Å²) in [4.78, 5) is 10.4. The van der Waals surface area contributed by atoms with Gasteiger partial charge in [-0.15, -0.1) is 0 Å². The number of carbonyl (C=O) groups excluding carboxylic acids is 1. The Morgan fingerprint density at radius 2 is 2.50 bits per heavy atom. The molecular formula is C4H10NO3PS. The van der Waals surface area contributed by atoms with Gasteiger partial charge in [0.05, 0.1) is 22.1 Å². The fraction of sp³-hybridized carbons (Fsp3) is 0.750. The molecule has 2 N–H and O–H groups in total. The summed E-state index contributed by atoms with van der Waals surface area (Å²) in [6.07, 6.45) is -0.585. The molecule has 4 nitrogen and oxygen atoms in total. The lowest BCUT2D eigenvalue weighted by Crippen LogP contribution is -2.38. The lowest BCUT2D eigenvalue weighted by Gasteiger charge is -2.11. The predicted molar refractivity (Wildman–Crippen MR) is 44.1 cm³/mol. The molecule has 0 aliphatic carbocycles. The molecule has 0 heterocycles. The zero-order valence-electron chi connectivity index (χ0n) is 5.28. The van der Waals surface area contributed by atoms with Crippen molar-refractivity contribution < 1.29 is 14.4 Å². The number of hydrogen-bond donors (Lipinski definition) is 3. The molecule has 0 radical (unpaired) electrons. The van der Waals surface area contributed by atoms with Crippen molar-refractivity contribution in [1.29, 1.82) is 0 Å². The first-order chi connectivity index (χ1) is 4.74. The quantitative estimate of drug-likeness (QED) is 0.419. The number of amides is 1. The molecule has 0 aromatic rings. The number of aliphatic hydroxyl groups is 1. The van der Waals surface area contributed by atoms with E-state index in [9.17, 15) is 4.79 Å². The Balaban J connectivity index is 3.52. The molecule has 1 unspecified atom stereocenters. The van der Waals surface area contributed by atoms with E-state index in [-0.39, 0.29) is 12.6 Å². The van der Waals surface area contributed by atoms with Gasteiger partial charge < -0.3 is 14.9 Å². The molecule has 0 saturated carbocycles. The van der Waals surface area contributed by atoms with E-state index in [2.05, 4.69) is 22.5 Å². The van der Waals surface area contributed by atoms with Crippen LogP contribution in [-0.4, -0.2) is 29.6 Å². The normalized spacial score (nSPS) is 12.3. The molecule has 2 atom stereocenters. The Hall–Kier alpha value is 0.01000. The maximum absolute atomic E-state index is 10.4. The summed E-state index contributed by atoms with van der Waals surface area (Å²) < 4.78 is 4.21. The lowest BCUT2D eigenvalue weighted by molar-refractivity contribution is 0.193. The van der Waals surface area contributed by atoms with Crippen LogP contribution < -0.4 is 5.32 Å². The highest BCUT2D eigenvalue weighted by Crippen LogP contribution is 1.90. The predicted octanol–water partition coefficient (Wildman–Crippen LogP) is -0.207. The molecule has 0 fully saturated rings. The van der Waals surface area contributed by atoms with Crippen LogP contribution in [0.2, 0.25) is 0 Å². The Morgan fingerprint density at radius 3 is 2.80 bits per heavy atom. The van der Waals surface area contributed by atoms with Gasteiger partial charge in [-0.05, 0) is 0 Å². The summed E-state index contributed by atoms with van der Waals surface area (Å²) in [5.74, 6) is 0.385. The molecule has 0 aromatic carbocycles. The van der Waals surface area contributed by atoms with E-state index in [1.54, 1.807) is 9.47 Å². The van der Waals surface area contributed by atoms with Gasteiger partial charge in [-0.1, -0.05) is 0 Å². The van der Waals surface area contributed by atoms with E-state index >= 15 is 0 Å². The Labute approximate surface area is 67.0 Å². The summed E-state index contributed by atoms with van der Waals surface area (Å²) in [5, 5.41) is 10.9. The summed E-state index contributed by atoms with van der Waals surface area (Å²) >= 11 is 3.87. The highest BCUT2D eigenvalue weighted by Gasteiger charge is 2.07. The molecule has 0 aromatic heterocycles. The molecule has 0 aliphatic rings. The van der Waals surface area contributed by atoms with Gasteiger partial charge in [-0.25, -0.2) is 4.79 Å². The van der Waals surface area contributed by atoms with E-state index in [1.165, 1.54) is 0 Å². The third-order valence-electron chi connectivity index (χ3n) is 0.870. The van der Waals surface area contributed by atoms with Gasteiger partial charge in [-0.2, -0.15) is 12.6 Å². The molecule has 0 saturated heterocycles. The summed E-state index contributed by atoms with van der Waals surface area (Å²) in [7, 11) is 1.81. The maximum Gasteiger partial charge on any atom is 0.409 e. The van der Waals surface area contributed by atoms with Crippen LogP contribution in [0.1, 0.15) is 0 Å². The van der Waals surface area contributed by atoms with Crippen LogP contribution in [0.5, 0.6) is 0 Å². The van der Waals surface area contributed by atoms with Crippen molar-refractivity contribution >= 4 is 28.2 Å². The SMILES string of the molecule is O=C(N[C@H](CO)CS)OP. The van der Waals surface area contributed by atoms with Gasteiger partial charge in [-0.3, -0.25) is 0 Å². The number of carbonyl (C=O) groups is 1. The highest BCUT2D eigenvalue weighted by atomic mass is 32.1. The maximum atomic E-state index is 10.4. The number of nitrogens with one attached hydrogen (secondary N) is 1. The first kappa shape index (κ1) is 10.0. The van der Waals surface area contributed by atoms with E-state index < -0.39 is 6.09 Å². The van der Waals surface area contributed by atoms with Gasteiger partial charge in [0.1, 0.15) is 0 Å². The number of rotatable bonds is 3. The van der Waals surface area contributed by atoms with Crippen LogP contribution >= 0.6 is 22.1 Å². The number of hydrogen-bond acceptors (Lipinski definition) is 4. The largest absolute Gasteiger partial charge is 0.435 e. The van der Waals surface area contributed by atoms with Gasteiger partial charge in [0, 0.05) is 5.75 Å². The van der Waals surface area contributed by atoms with Crippen molar-refractivity contribution in [2.24, 2.45) is 0 Å². The molecule has 10 heavy (non-hydrogen) atoms. The van der Waals surface area contributed by atoms with Gasteiger partial charge in [0.2, 0.25) is 0 Å². The van der Waals surface area contributed by atoms with Crippen LogP contribution in [0.15, 0.2) is 0 Å². The average molecular weight is 183 g/mol. The van der Waals surface area contributed by atoms with Crippen LogP contribution in [0.4, 0.5) is 4.79 Å². The third kappa shape index (κ3) is 3.93. The van der Waals surface area contributed by atoms with E-state index in [0.717, 1.165) is 0 Å². The van der Waals surface area contributed by atoms with E-state index in [4.69, 9.17) is 5.11 Å². The zero-order chi connectivity index (χ0) is 7.98. The van der Waals surface area contributed by atoms with Crippen molar-refractivity contribution in [3.05, 3.63) is 0 Å². The third-order valence-corrected chi connectivity index (χ3v) is 1.52. The van der Waals surface area contributed by atoms with Crippen LogP contribution in [0.3, 0.4) is 0 Å². The van der Waals surface area contributed by atoms with Crippen molar-refractivity contribution in [1.82, 2.24) is 5.32 Å². The van der Waals surface area contributed by atoms with Crippen molar-refractivity contribution in [3.63, 3.8) is 0 Å². The standard InChI is InChI=1S/C4H10NO3PS/c6-1-3(2-10)5-4(7)8-9/h3,6,10H,1-2,9H2,(H,5,7)/t3-/m1/s1. The second kappa shape index (κ2) is 5.77. The second-order valence-corrected chi connectivity index (χ2v) is 2.21. The first-order valence-corrected chi connectivity index (χ1v) is 3.74. The fourth-order valence-corrected chi connectivity index (χ4v) is 0.625. The average Bonchev–Trinajstić information content (AvgIpc) is 1.99. The zero-order valence-corrected chi connectivity index (χ0v) is 7.33. The molecule has 6 heteroatoms. The molecular weight excluding hydrogens is 173 g/mol. The Morgan fingerprint density at radius 1 is 1.90 bits per heavy atom. The number of thiol groups is 1. The highest BCUT2D eigenvalue weighted by molar-refractivity contribution is 7.80. The lowest BCUT2D eigenvalue weighted by atomic mass is 10.4. The minimum Gasteiger partial charge on any atom is -0.435 e. The molecule has 0 spiro atoms. The Kier molecular flexibility index (Phi) is 5.78. The fourth-order valence-electron chi connectivity index (χ4n) is 0.350. The second-order valence-electron chi connectivity index (χ2n) is 1.61. The smallest absolute Gasteiger partial charge is 0.409 e. The van der Waals surface area contributed by atoms with Crippen molar-refractivity contribution in [2.75, 3.05) is 12.4 Å². The number of aliphatic hydroxyl groups excluding tert-OH is 1. The summed E-state index contributed by atoms with van der Waals surface area (Å²) in [6.45, 7) is -0.136. The molecule has 1 amide bonds. The minimum absolute atomic E-state index is 0.136. The molecule has 0 bridgehead atoms. The topological polar surface area (TPSA) is 58.6 Å². The van der Waals surface area contributed by atoms with Gasteiger partial charge >= 0.3 is 6.09 Å². The molecule has 0 rings (SSSR count).